The van der Waals surface area contributed by atoms with Gasteiger partial charge in [-0.15, -0.1) is 0 Å². The fourth-order valence-corrected chi connectivity index (χ4v) is 3.06. The number of ketones is 1. The second-order valence-electron chi connectivity index (χ2n) is 6.11. The number of rotatable bonds is 3. The Kier molecular flexibility index (Phi) is 3.98. The largest absolute Gasteiger partial charge is 0.294 e. The number of carbonyl (C=O) groups excluding carboxylic acids is 1. The Bertz CT molecular complexity index is 299. The topological polar surface area (TPSA) is 17.1 Å². The van der Waals surface area contributed by atoms with Gasteiger partial charge in [-0.25, -0.2) is 0 Å². The summed E-state index contributed by atoms with van der Waals surface area (Å²) in [6, 6.07) is 0. The summed E-state index contributed by atoms with van der Waals surface area (Å²) >= 11 is 0. The summed E-state index contributed by atoms with van der Waals surface area (Å²) in [6.07, 6.45) is 4.34. The molecule has 0 saturated carbocycles. The van der Waals surface area contributed by atoms with Gasteiger partial charge in [0.15, 0.2) is 5.78 Å². The molecule has 2 atom stereocenters. The minimum absolute atomic E-state index is 0.170. The van der Waals surface area contributed by atoms with Crippen molar-refractivity contribution in [3.05, 3.63) is 11.6 Å². The molecule has 0 spiro atoms. The highest BCUT2D eigenvalue weighted by atomic mass is 16.1. The van der Waals surface area contributed by atoms with Gasteiger partial charge in [0.2, 0.25) is 0 Å². The van der Waals surface area contributed by atoms with E-state index in [9.17, 15) is 4.79 Å². The van der Waals surface area contributed by atoms with Crippen molar-refractivity contribution in [2.24, 2.45) is 23.2 Å². The number of carbonyl (C=O) groups is 1. The first-order valence-electron chi connectivity index (χ1n) is 6.57. The Morgan fingerprint density at radius 2 is 1.94 bits per heavy atom. The van der Waals surface area contributed by atoms with Crippen molar-refractivity contribution in [2.75, 3.05) is 0 Å². The molecule has 1 aliphatic rings. The van der Waals surface area contributed by atoms with E-state index in [1.807, 2.05) is 0 Å². The van der Waals surface area contributed by atoms with Gasteiger partial charge in [-0.3, -0.25) is 4.79 Å². The van der Waals surface area contributed by atoms with Gasteiger partial charge in [0.25, 0.3) is 0 Å². The summed E-state index contributed by atoms with van der Waals surface area (Å²) in [6.45, 7) is 13.1. The van der Waals surface area contributed by atoms with Crippen LogP contribution >= 0.6 is 0 Å². The molecule has 0 aromatic heterocycles. The van der Waals surface area contributed by atoms with E-state index >= 15 is 0 Å². The number of hydrogen-bond donors (Lipinski definition) is 0. The third kappa shape index (κ3) is 2.23. The van der Waals surface area contributed by atoms with E-state index in [-0.39, 0.29) is 11.3 Å². The minimum Gasteiger partial charge on any atom is -0.294 e. The summed E-state index contributed by atoms with van der Waals surface area (Å²) in [4.78, 5) is 12.5. The molecule has 1 nitrogen and oxygen atoms in total. The van der Waals surface area contributed by atoms with E-state index in [0.717, 1.165) is 18.4 Å². The Labute approximate surface area is 100 Å². The van der Waals surface area contributed by atoms with Gasteiger partial charge in [-0.2, -0.15) is 0 Å². The standard InChI is InChI=1S/C15H26O/c1-7-15(6)9-8-12(10(2)3)14(16)13(15)11(4)5/h8,10-11,13H,7,9H2,1-6H3. The van der Waals surface area contributed by atoms with Crippen molar-refractivity contribution in [2.45, 2.75) is 54.4 Å². The predicted octanol–water partition coefficient (Wildman–Crippen LogP) is 4.23. The lowest BCUT2D eigenvalue weighted by Crippen LogP contribution is -2.41. The molecule has 0 N–H and O–H groups in total. The maximum Gasteiger partial charge on any atom is 0.162 e. The van der Waals surface area contributed by atoms with Crippen molar-refractivity contribution in [3.8, 4) is 0 Å². The van der Waals surface area contributed by atoms with E-state index in [4.69, 9.17) is 0 Å². The maximum absolute atomic E-state index is 12.5. The van der Waals surface area contributed by atoms with Gasteiger partial charge in [0.05, 0.1) is 0 Å². The number of Topliss-reactive ketones (excluding diaryl/α,β-unsaturated/α-hetero) is 1. The molecule has 92 valence electrons. The minimum atomic E-state index is 0.170. The van der Waals surface area contributed by atoms with Crippen LogP contribution in [0.1, 0.15) is 54.4 Å². The molecule has 2 unspecified atom stereocenters. The van der Waals surface area contributed by atoms with Gasteiger partial charge in [0.1, 0.15) is 0 Å². The molecule has 1 rings (SSSR count). The molecule has 1 heteroatoms. The van der Waals surface area contributed by atoms with Gasteiger partial charge < -0.3 is 0 Å². The zero-order valence-corrected chi connectivity index (χ0v) is 11.6. The first-order chi connectivity index (χ1) is 7.33. The monoisotopic (exact) mass is 222 g/mol. The summed E-state index contributed by atoms with van der Waals surface area (Å²) < 4.78 is 0. The third-order valence-corrected chi connectivity index (χ3v) is 4.20. The molecule has 0 amide bonds. The van der Waals surface area contributed by atoms with E-state index in [2.05, 4.69) is 47.6 Å². The SMILES string of the molecule is CCC1(C)CC=C(C(C)C)C(=O)C1C(C)C. The molecule has 0 saturated heterocycles. The molecule has 0 bridgehead atoms. The van der Waals surface area contributed by atoms with E-state index in [1.165, 1.54) is 0 Å². The smallest absolute Gasteiger partial charge is 0.162 e. The maximum atomic E-state index is 12.5. The number of allylic oxidation sites excluding steroid dienone is 2. The van der Waals surface area contributed by atoms with Gasteiger partial charge in [-0.05, 0) is 35.7 Å². The molecule has 0 radical (unpaired) electrons. The third-order valence-electron chi connectivity index (χ3n) is 4.20. The van der Waals surface area contributed by atoms with E-state index < -0.39 is 0 Å². The highest BCUT2D eigenvalue weighted by Crippen LogP contribution is 2.45. The van der Waals surface area contributed by atoms with Crippen LogP contribution in [0.2, 0.25) is 0 Å². The Balaban J connectivity index is 3.11. The Morgan fingerprint density at radius 3 is 2.31 bits per heavy atom. The van der Waals surface area contributed by atoms with Crippen LogP contribution in [-0.2, 0) is 4.79 Å². The highest BCUT2D eigenvalue weighted by Gasteiger charge is 2.43. The molecular weight excluding hydrogens is 196 g/mol. The molecular formula is C15H26O. The highest BCUT2D eigenvalue weighted by molar-refractivity contribution is 5.99. The van der Waals surface area contributed by atoms with E-state index in [1.54, 1.807) is 0 Å². The quantitative estimate of drug-likeness (QED) is 0.698. The molecule has 0 aromatic carbocycles. The lowest BCUT2D eigenvalue weighted by molar-refractivity contribution is -0.126. The van der Waals surface area contributed by atoms with Crippen LogP contribution in [0.5, 0.6) is 0 Å². The van der Waals surface area contributed by atoms with Crippen LogP contribution in [0.15, 0.2) is 11.6 Å². The average Bonchev–Trinajstić information content (AvgIpc) is 2.16. The number of hydrogen-bond acceptors (Lipinski definition) is 1. The van der Waals surface area contributed by atoms with Crippen LogP contribution in [-0.4, -0.2) is 5.78 Å². The van der Waals surface area contributed by atoms with Crippen LogP contribution in [0.3, 0.4) is 0 Å². The zero-order chi connectivity index (χ0) is 12.5. The van der Waals surface area contributed by atoms with E-state index in [0.29, 0.717) is 17.6 Å². The second-order valence-corrected chi connectivity index (χ2v) is 6.11. The van der Waals surface area contributed by atoms with Gasteiger partial charge in [-0.1, -0.05) is 47.6 Å². The van der Waals surface area contributed by atoms with Crippen LogP contribution in [0.4, 0.5) is 0 Å². The van der Waals surface area contributed by atoms with Crippen molar-refractivity contribution in [1.29, 1.82) is 0 Å². The molecule has 0 aliphatic heterocycles. The first-order valence-corrected chi connectivity index (χ1v) is 6.57. The van der Waals surface area contributed by atoms with Gasteiger partial charge in [0, 0.05) is 5.92 Å². The lowest BCUT2D eigenvalue weighted by Gasteiger charge is -2.42. The molecule has 0 fully saturated rings. The van der Waals surface area contributed by atoms with Crippen molar-refractivity contribution in [1.82, 2.24) is 0 Å². The van der Waals surface area contributed by atoms with Crippen molar-refractivity contribution >= 4 is 5.78 Å². The first kappa shape index (κ1) is 13.5. The second kappa shape index (κ2) is 4.73. The van der Waals surface area contributed by atoms with Gasteiger partial charge >= 0.3 is 0 Å². The lowest BCUT2D eigenvalue weighted by atomic mass is 9.61. The summed E-state index contributed by atoms with van der Waals surface area (Å²) in [5.74, 6) is 1.43. The summed E-state index contributed by atoms with van der Waals surface area (Å²) in [7, 11) is 0. The predicted molar refractivity (Wildman–Crippen MR) is 69.3 cm³/mol. The van der Waals surface area contributed by atoms with Crippen molar-refractivity contribution in [3.63, 3.8) is 0 Å². The van der Waals surface area contributed by atoms with Crippen LogP contribution in [0.25, 0.3) is 0 Å². The van der Waals surface area contributed by atoms with Crippen LogP contribution in [0, 0.1) is 23.2 Å². The zero-order valence-electron chi connectivity index (χ0n) is 11.6. The summed E-state index contributed by atoms with van der Waals surface area (Å²) in [5.41, 5.74) is 1.23. The molecule has 0 aromatic rings. The summed E-state index contributed by atoms with van der Waals surface area (Å²) in [5, 5.41) is 0. The fraction of sp³-hybridized carbons (Fsp3) is 0.800. The van der Waals surface area contributed by atoms with Crippen molar-refractivity contribution < 1.29 is 4.79 Å². The fourth-order valence-electron chi connectivity index (χ4n) is 3.06. The molecule has 1 aliphatic carbocycles. The molecule has 16 heavy (non-hydrogen) atoms. The molecule has 0 heterocycles. The Morgan fingerprint density at radius 1 is 1.38 bits per heavy atom. The normalized spacial score (nSPS) is 31.1. The average molecular weight is 222 g/mol. The Hall–Kier alpha value is -0.590. The van der Waals surface area contributed by atoms with Crippen LogP contribution < -0.4 is 0 Å².